The van der Waals surface area contributed by atoms with Gasteiger partial charge in [-0.3, -0.25) is 0 Å². The number of amides is 1. The van der Waals surface area contributed by atoms with Gasteiger partial charge in [0.2, 0.25) is 0 Å². The summed E-state index contributed by atoms with van der Waals surface area (Å²) in [6.45, 7) is 0. The van der Waals surface area contributed by atoms with Gasteiger partial charge in [-0.25, -0.2) is 4.79 Å². The lowest BCUT2D eigenvalue weighted by molar-refractivity contribution is 0.160. The first-order valence-corrected chi connectivity index (χ1v) is 4.77. The topological polar surface area (TPSA) is 29.5 Å². The molecule has 0 bridgehead atoms. The maximum Gasteiger partial charge on any atom is 0.415 e. The van der Waals surface area contributed by atoms with Gasteiger partial charge in [0.1, 0.15) is 5.75 Å². The van der Waals surface area contributed by atoms with Crippen LogP contribution >= 0.6 is 0 Å². The van der Waals surface area contributed by atoms with Gasteiger partial charge in [-0.05, 0) is 25.0 Å². The van der Waals surface area contributed by atoms with Crippen LogP contribution in [-0.2, 0) is 0 Å². The van der Waals surface area contributed by atoms with Gasteiger partial charge in [-0.2, -0.15) is 0 Å². The largest absolute Gasteiger partial charge is 0.415 e. The number of benzene rings is 1. The molecule has 3 heteroatoms. The molecule has 1 saturated carbocycles. The van der Waals surface area contributed by atoms with Crippen molar-refractivity contribution in [3.05, 3.63) is 30.3 Å². The predicted octanol–water partition coefficient (Wildman–Crippen LogP) is 2.28. The highest BCUT2D eigenvalue weighted by atomic mass is 16.6. The molecule has 0 radical (unpaired) electrons. The standard InChI is InChI=1S/C11H13NO2/c1-12(9-7-8-9)11(13)14-10-5-3-2-4-6-10/h2-6,9H,7-8H2,1H3. The van der Waals surface area contributed by atoms with E-state index in [0.29, 0.717) is 11.8 Å². The number of hydrogen-bond acceptors (Lipinski definition) is 2. The van der Waals surface area contributed by atoms with Crippen molar-refractivity contribution in [3.63, 3.8) is 0 Å². The molecule has 14 heavy (non-hydrogen) atoms. The quantitative estimate of drug-likeness (QED) is 0.717. The molecule has 1 fully saturated rings. The number of hydrogen-bond donors (Lipinski definition) is 0. The van der Waals surface area contributed by atoms with Crippen LogP contribution in [0.3, 0.4) is 0 Å². The van der Waals surface area contributed by atoms with E-state index in [2.05, 4.69) is 0 Å². The summed E-state index contributed by atoms with van der Waals surface area (Å²) in [5.74, 6) is 0.602. The molecule has 0 N–H and O–H groups in total. The molecule has 1 amide bonds. The molecule has 3 nitrogen and oxygen atoms in total. The lowest BCUT2D eigenvalue weighted by Gasteiger charge is -2.15. The van der Waals surface area contributed by atoms with E-state index in [4.69, 9.17) is 4.74 Å². The van der Waals surface area contributed by atoms with Crippen LogP contribution in [0.5, 0.6) is 5.75 Å². The van der Waals surface area contributed by atoms with Crippen molar-refractivity contribution in [1.82, 2.24) is 4.90 Å². The third-order valence-corrected chi connectivity index (χ3v) is 2.33. The first kappa shape index (κ1) is 9.06. The Hall–Kier alpha value is -1.51. The minimum Gasteiger partial charge on any atom is -0.410 e. The first-order valence-electron chi connectivity index (χ1n) is 4.77. The molecule has 2 rings (SSSR count). The number of para-hydroxylation sites is 1. The van der Waals surface area contributed by atoms with Gasteiger partial charge in [0.25, 0.3) is 0 Å². The minimum atomic E-state index is -0.265. The van der Waals surface area contributed by atoms with Crippen LogP contribution in [0.2, 0.25) is 0 Å². The zero-order valence-corrected chi connectivity index (χ0v) is 8.14. The van der Waals surface area contributed by atoms with Crippen LogP contribution in [0, 0.1) is 0 Å². The van der Waals surface area contributed by atoms with Gasteiger partial charge < -0.3 is 9.64 Å². The summed E-state index contributed by atoms with van der Waals surface area (Å²) in [6, 6.07) is 9.53. The predicted molar refractivity (Wildman–Crippen MR) is 53.3 cm³/mol. The van der Waals surface area contributed by atoms with Crippen LogP contribution in [0.25, 0.3) is 0 Å². The zero-order chi connectivity index (χ0) is 9.97. The highest BCUT2D eigenvalue weighted by Crippen LogP contribution is 2.26. The van der Waals surface area contributed by atoms with E-state index >= 15 is 0 Å². The highest BCUT2D eigenvalue weighted by Gasteiger charge is 2.30. The van der Waals surface area contributed by atoms with E-state index in [0.717, 1.165) is 12.8 Å². The zero-order valence-electron chi connectivity index (χ0n) is 8.14. The fourth-order valence-electron chi connectivity index (χ4n) is 1.27. The second-order valence-electron chi connectivity index (χ2n) is 3.52. The van der Waals surface area contributed by atoms with E-state index in [-0.39, 0.29) is 6.09 Å². The molecule has 0 heterocycles. The van der Waals surface area contributed by atoms with Crippen LogP contribution in [0.15, 0.2) is 30.3 Å². The second-order valence-corrected chi connectivity index (χ2v) is 3.52. The molecule has 0 unspecified atom stereocenters. The van der Waals surface area contributed by atoms with E-state index in [1.165, 1.54) is 0 Å². The van der Waals surface area contributed by atoms with Gasteiger partial charge in [0, 0.05) is 13.1 Å². The number of carbonyl (C=O) groups is 1. The monoisotopic (exact) mass is 191 g/mol. The Morgan fingerprint density at radius 3 is 2.57 bits per heavy atom. The molecule has 1 aromatic carbocycles. The Morgan fingerprint density at radius 2 is 2.00 bits per heavy atom. The lowest BCUT2D eigenvalue weighted by atomic mass is 10.3. The molecule has 1 aliphatic carbocycles. The Labute approximate surface area is 83.3 Å². The lowest BCUT2D eigenvalue weighted by Crippen LogP contribution is -2.31. The Kier molecular flexibility index (Phi) is 2.39. The molecule has 0 spiro atoms. The molecule has 1 aromatic rings. The summed E-state index contributed by atoms with van der Waals surface area (Å²) in [5.41, 5.74) is 0. The molecule has 0 atom stereocenters. The van der Waals surface area contributed by atoms with E-state index in [1.54, 1.807) is 24.1 Å². The van der Waals surface area contributed by atoms with Crippen molar-refractivity contribution in [3.8, 4) is 5.75 Å². The van der Waals surface area contributed by atoms with Gasteiger partial charge in [-0.15, -0.1) is 0 Å². The summed E-state index contributed by atoms with van der Waals surface area (Å²) in [4.78, 5) is 13.2. The summed E-state index contributed by atoms with van der Waals surface area (Å²) in [5, 5.41) is 0. The van der Waals surface area contributed by atoms with Gasteiger partial charge in [0.05, 0.1) is 0 Å². The van der Waals surface area contributed by atoms with Crippen molar-refractivity contribution in [2.24, 2.45) is 0 Å². The molecule has 74 valence electrons. The van der Waals surface area contributed by atoms with Gasteiger partial charge in [-0.1, -0.05) is 18.2 Å². The maximum atomic E-state index is 11.5. The van der Waals surface area contributed by atoms with Crippen molar-refractivity contribution in [1.29, 1.82) is 0 Å². The minimum absolute atomic E-state index is 0.265. The molecular formula is C11H13NO2. The summed E-state index contributed by atoms with van der Waals surface area (Å²) in [7, 11) is 1.78. The normalized spacial score (nSPS) is 14.9. The summed E-state index contributed by atoms with van der Waals surface area (Å²) in [6.07, 6.45) is 1.93. The fraction of sp³-hybridized carbons (Fsp3) is 0.364. The second kappa shape index (κ2) is 3.70. The SMILES string of the molecule is CN(C(=O)Oc1ccccc1)C1CC1. The Bertz CT molecular complexity index is 319. The molecule has 0 aromatic heterocycles. The number of ether oxygens (including phenoxy) is 1. The summed E-state index contributed by atoms with van der Waals surface area (Å²) >= 11 is 0. The van der Waals surface area contributed by atoms with E-state index in [1.807, 2.05) is 18.2 Å². The highest BCUT2D eigenvalue weighted by molar-refractivity contribution is 5.71. The first-order chi connectivity index (χ1) is 6.77. The average Bonchev–Trinajstić information content (AvgIpc) is 3.01. The Morgan fingerprint density at radius 1 is 1.36 bits per heavy atom. The van der Waals surface area contributed by atoms with Crippen LogP contribution in [0.4, 0.5) is 4.79 Å². The van der Waals surface area contributed by atoms with Crippen molar-refractivity contribution < 1.29 is 9.53 Å². The number of rotatable bonds is 2. The van der Waals surface area contributed by atoms with Crippen LogP contribution < -0.4 is 4.74 Å². The maximum absolute atomic E-state index is 11.5. The molecular weight excluding hydrogens is 178 g/mol. The van der Waals surface area contributed by atoms with Crippen molar-refractivity contribution in [2.75, 3.05) is 7.05 Å². The molecule has 0 saturated heterocycles. The Balaban J connectivity index is 1.94. The number of carbonyl (C=O) groups excluding carboxylic acids is 1. The molecule has 0 aliphatic heterocycles. The van der Waals surface area contributed by atoms with Gasteiger partial charge in [0.15, 0.2) is 0 Å². The van der Waals surface area contributed by atoms with Crippen molar-refractivity contribution in [2.45, 2.75) is 18.9 Å². The third kappa shape index (κ3) is 2.05. The smallest absolute Gasteiger partial charge is 0.410 e. The van der Waals surface area contributed by atoms with Crippen LogP contribution in [0.1, 0.15) is 12.8 Å². The summed E-state index contributed by atoms with van der Waals surface area (Å²) < 4.78 is 5.16. The van der Waals surface area contributed by atoms with Gasteiger partial charge >= 0.3 is 6.09 Å². The fourth-order valence-corrected chi connectivity index (χ4v) is 1.27. The number of nitrogens with zero attached hydrogens (tertiary/aromatic N) is 1. The third-order valence-electron chi connectivity index (χ3n) is 2.33. The average molecular weight is 191 g/mol. The van der Waals surface area contributed by atoms with Crippen molar-refractivity contribution >= 4 is 6.09 Å². The van der Waals surface area contributed by atoms with Crippen LogP contribution in [-0.4, -0.2) is 24.1 Å². The van der Waals surface area contributed by atoms with E-state index < -0.39 is 0 Å². The molecule has 1 aliphatic rings. The van der Waals surface area contributed by atoms with E-state index in [9.17, 15) is 4.79 Å².